The minimum atomic E-state index is 0.856. The van der Waals surface area contributed by atoms with Gasteiger partial charge >= 0.3 is 0 Å². The van der Waals surface area contributed by atoms with E-state index in [4.69, 9.17) is 4.74 Å². The average molecular weight is 369 g/mol. The molecule has 1 aliphatic heterocycles. The molecular formula is C24H36N2O. The molecule has 3 nitrogen and oxygen atoms in total. The fraction of sp³-hybridized carbons (Fsp3) is 0.500. The highest BCUT2D eigenvalue weighted by atomic mass is 16.5. The predicted molar refractivity (Wildman–Crippen MR) is 118 cm³/mol. The van der Waals surface area contributed by atoms with Gasteiger partial charge in [-0.1, -0.05) is 63.1 Å². The van der Waals surface area contributed by atoms with Gasteiger partial charge in [-0.15, -0.1) is 0 Å². The van der Waals surface area contributed by atoms with Crippen LogP contribution in [0.5, 0.6) is 0 Å². The van der Waals surface area contributed by atoms with Crippen molar-refractivity contribution in [2.24, 2.45) is 0 Å². The summed E-state index contributed by atoms with van der Waals surface area (Å²) in [6.07, 6.45) is 5.13. The number of anilines is 2. The van der Waals surface area contributed by atoms with E-state index in [1.807, 2.05) is 6.07 Å². The number of benzene rings is 2. The van der Waals surface area contributed by atoms with Gasteiger partial charge in [-0.25, -0.2) is 0 Å². The van der Waals surface area contributed by atoms with E-state index in [9.17, 15) is 0 Å². The van der Waals surface area contributed by atoms with Crippen LogP contribution in [0.3, 0.4) is 0 Å². The Balaban J connectivity index is 0.000000198. The Morgan fingerprint density at radius 1 is 0.778 bits per heavy atom. The number of ether oxygens (including phenoxy) is 1. The van der Waals surface area contributed by atoms with Crippen LogP contribution in [0.25, 0.3) is 0 Å². The molecule has 148 valence electrons. The zero-order chi connectivity index (χ0) is 19.2. The molecule has 0 saturated carbocycles. The van der Waals surface area contributed by atoms with Gasteiger partial charge in [0.2, 0.25) is 0 Å². The van der Waals surface area contributed by atoms with Gasteiger partial charge in [-0.2, -0.15) is 0 Å². The topological polar surface area (TPSA) is 15.7 Å². The fourth-order valence-corrected chi connectivity index (χ4v) is 3.17. The third-order valence-electron chi connectivity index (χ3n) is 4.82. The van der Waals surface area contributed by atoms with Crippen molar-refractivity contribution in [2.75, 3.05) is 49.2 Å². The number of para-hydroxylation sites is 2. The molecule has 0 aromatic heterocycles. The van der Waals surface area contributed by atoms with Crippen LogP contribution >= 0.6 is 0 Å². The lowest BCUT2D eigenvalue weighted by Gasteiger charge is -2.28. The summed E-state index contributed by atoms with van der Waals surface area (Å²) < 4.78 is 5.28. The normalized spacial score (nSPS) is 13.6. The maximum atomic E-state index is 5.28. The van der Waals surface area contributed by atoms with Gasteiger partial charge in [0.25, 0.3) is 0 Å². The largest absolute Gasteiger partial charge is 0.378 e. The van der Waals surface area contributed by atoms with Crippen molar-refractivity contribution < 1.29 is 4.74 Å². The third-order valence-corrected chi connectivity index (χ3v) is 4.82. The van der Waals surface area contributed by atoms with Gasteiger partial charge in [0.1, 0.15) is 0 Å². The van der Waals surface area contributed by atoms with Crippen LogP contribution in [0.2, 0.25) is 0 Å². The zero-order valence-electron chi connectivity index (χ0n) is 17.1. The van der Waals surface area contributed by atoms with Crippen molar-refractivity contribution in [2.45, 2.75) is 39.5 Å². The molecular weight excluding hydrogens is 332 g/mol. The number of unbranched alkanes of at least 4 members (excludes halogenated alkanes) is 2. The molecule has 2 aromatic carbocycles. The monoisotopic (exact) mass is 368 g/mol. The van der Waals surface area contributed by atoms with Gasteiger partial charge in [0.05, 0.1) is 13.2 Å². The summed E-state index contributed by atoms with van der Waals surface area (Å²) in [5, 5.41) is 0. The second-order valence-electron chi connectivity index (χ2n) is 6.96. The lowest BCUT2D eigenvalue weighted by Crippen LogP contribution is -2.36. The molecule has 0 amide bonds. The molecule has 3 heteroatoms. The molecule has 0 bridgehead atoms. The Labute approximate surface area is 166 Å². The standard InChI is InChI=1S/C14H23N.C10H13NO/c1-3-5-12-15(13-6-4-2)14-10-8-7-9-11-14;1-2-4-10(5-3-1)11-6-8-12-9-7-11/h7-11H,3-6,12-13H2,1-2H3;1-5H,6-9H2. The van der Waals surface area contributed by atoms with Crippen LogP contribution in [0.1, 0.15) is 39.5 Å². The Morgan fingerprint density at radius 2 is 1.30 bits per heavy atom. The number of hydrogen-bond donors (Lipinski definition) is 0. The Bertz CT molecular complexity index is 574. The van der Waals surface area contributed by atoms with Crippen LogP contribution < -0.4 is 9.80 Å². The molecule has 0 radical (unpaired) electrons. The van der Waals surface area contributed by atoms with E-state index in [2.05, 4.69) is 78.2 Å². The van der Waals surface area contributed by atoms with E-state index >= 15 is 0 Å². The fourth-order valence-electron chi connectivity index (χ4n) is 3.17. The highest BCUT2D eigenvalue weighted by Crippen LogP contribution is 2.15. The Morgan fingerprint density at radius 3 is 1.81 bits per heavy atom. The predicted octanol–water partition coefficient (Wildman–Crippen LogP) is 5.62. The quantitative estimate of drug-likeness (QED) is 0.602. The third kappa shape index (κ3) is 8.04. The SMILES string of the molecule is CCCCN(CCCC)c1ccccc1.c1ccc(N2CCOCC2)cc1. The Hall–Kier alpha value is -2.00. The lowest BCUT2D eigenvalue weighted by atomic mass is 10.2. The van der Waals surface area contributed by atoms with Crippen molar-refractivity contribution in [1.29, 1.82) is 0 Å². The first-order valence-corrected chi connectivity index (χ1v) is 10.5. The molecule has 2 aromatic rings. The lowest BCUT2D eigenvalue weighted by molar-refractivity contribution is 0.122. The van der Waals surface area contributed by atoms with Gasteiger partial charge in [0.15, 0.2) is 0 Å². The molecule has 0 spiro atoms. The van der Waals surface area contributed by atoms with Gasteiger partial charge in [-0.05, 0) is 37.1 Å². The molecule has 1 aliphatic rings. The minimum absolute atomic E-state index is 0.856. The van der Waals surface area contributed by atoms with Crippen LogP contribution in [0.4, 0.5) is 11.4 Å². The van der Waals surface area contributed by atoms with Gasteiger partial charge in [0, 0.05) is 37.6 Å². The molecule has 1 saturated heterocycles. The van der Waals surface area contributed by atoms with Crippen LogP contribution in [0, 0.1) is 0 Å². The van der Waals surface area contributed by atoms with Crippen molar-refractivity contribution in [3.05, 3.63) is 60.7 Å². The van der Waals surface area contributed by atoms with Gasteiger partial charge < -0.3 is 14.5 Å². The van der Waals surface area contributed by atoms with Crippen molar-refractivity contribution in [3.63, 3.8) is 0 Å². The first-order chi connectivity index (χ1) is 13.3. The zero-order valence-corrected chi connectivity index (χ0v) is 17.1. The summed E-state index contributed by atoms with van der Waals surface area (Å²) in [5.41, 5.74) is 2.68. The van der Waals surface area contributed by atoms with E-state index < -0.39 is 0 Å². The van der Waals surface area contributed by atoms with E-state index in [-0.39, 0.29) is 0 Å². The molecule has 27 heavy (non-hydrogen) atoms. The van der Waals surface area contributed by atoms with Crippen LogP contribution in [-0.2, 0) is 4.74 Å². The molecule has 1 fully saturated rings. The molecule has 0 unspecified atom stereocenters. The highest BCUT2D eigenvalue weighted by Gasteiger charge is 2.09. The minimum Gasteiger partial charge on any atom is -0.378 e. The number of rotatable bonds is 8. The number of nitrogens with zero attached hydrogens (tertiary/aromatic N) is 2. The van der Waals surface area contributed by atoms with Crippen molar-refractivity contribution >= 4 is 11.4 Å². The summed E-state index contributed by atoms with van der Waals surface area (Å²) in [6.45, 7) is 10.6. The smallest absolute Gasteiger partial charge is 0.0642 e. The van der Waals surface area contributed by atoms with Crippen LogP contribution in [0.15, 0.2) is 60.7 Å². The first kappa shape index (κ1) is 21.3. The summed E-state index contributed by atoms with van der Waals surface area (Å²) in [5.74, 6) is 0. The molecule has 0 aliphatic carbocycles. The average Bonchev–Trinajstić information content (AvgIpc) is 2.76. The summed E-state index contributed by atoms with van der Waals surface area (Å²) in [7, 11) is 0. The van der Waals surface area contributed by atoms with Gasteiger partial charge in [-0.3, -0.25) is 0 Å². The number of morpholine rings is 1. The maximum absolute atomic E-state index is 5.28. The molecule has 0 atom stereocenters. The van der Waals surface area contributed by atoms with Crippen LogP contribution in [-0.4, -0.2) is 39.4 Å². The number of hydrogen-bond acceptors (Lipinski definition) is 3. The summed E-state index contributed by atoms with van der Waals surface area (Å²) in [6, 6.07) is 21.2. The second kappa shape index (κ2) is 13.2. The second-order valence-corrected chi connectivity index (χ2v) is 6.96. The highest BCUT2D eigenvalue weighted by molar-refractivity contribution is 5.46. The van der Waals surface area contributed by atoms with Crippen molar-refractivity contribution in [1.82, 2.24) is 0 Å². The molecule has 0 N–H and O–H groups in total. The molecule has 3 rings (SSSR count). The maximum Gasteiger partial charge on any atom is 0.0642 e. The van der Waals surface area contributed by atoms with E-state index in [1.54, 1.807) is 0 Å². The Kier molecular flexibility index (Phi) is 10.4. The molecule has 1 heterocycles. The summed E-state index contributed by atoms with van der Waals surface area (Å²) in [4.78, 5) is 4.86. The van der Waals surface area contributed by atoms with E-state index in [0.29, 0.717) is 0 Å². The van der Waals surface area contributed by atoms with E-state index in [1.165, 1.54) is 50.1 Å². The van der Waals surface area contributed by atoms with E-state index in [0.717, 1.165) is 26.3 Å². The first-order valence-electron chi connectivity index (χ1n) is 10.5. The summed E-state index contributed by atoms with van der Waals surface area (Å²) >= 11 is 0. The van der Waals surface area contributed by atoms with Crippen molar-refractivity contribution in [3.8, 4) is 0 Å².